The molecule has 2 heteroatoms. The van der Waals surface area contributed by atoms with E-state index in [1.165, 1.54) is 87.2 Å². The van der Waals surface area contributed by atoms with Crippen LogP contribution in [0.1, 0.15) is 0 Å². The van der Waals surface area contributed by atoms with Gasteiger partial charge in [-0.2, -0.15) is 0 Å². The smallest absolute Gasteiger partial charge is 0.116 e. The highest BCUT2D eigenvalue weighted by atomic mass is 14.8. The molecule has 9 aromatic rings. The van der Waals surface area contributed by atoms with Gasteiger partial charge in [0.25, 0.3) is 0 Å². The standard InChI is InChI=1S/C42H24N2/c1-2-9-26-21-29-22-28(17-16-27(29)20-25(26)8-1)39-30-10-3-5-12-32(30)40(33-13-6-4-11-31(33)39)35-18-19-36-38-23-43-24-44-42(38)37-15-7-14-34(35)41(36)37/h1-24H. The van der Waals surface area contributed by atoms with Crippen molar-refractivity contribution in [2.24, 2.45) is 0 Å². The number of nitrogens with zero attached hydrogens (tertiary/aromatic N) is 2. The monoisotopic (exact) mass is 556 g/mol. The summed E-state index contributed by atoms with van der Waals surface area (Å²) in [5, 5.41) is 12.6. The molecule has 0 bridgehead atoms. The zero-order valence-corrected chi connectivity index (χ0v) is 23.8. The molecule has 2 nitrogen and oxygen atoms in total. The minimum absolute atomic E-state index is 1.02. The van der Waals surface area contributed by atoms with Crippen LogP contribution in [0.2, 0.25) is 0 Å². The summed E-state index contributed by atoms with van der Waals surface area (Å²) in [7, 11) is 0. The van der Waals surface area contributed by atoms with E-state index >= 15 is 0 Å². The predicted octanol–water partition coefficient (Wildman–Crippen LogP) is 11.2. The third-order valence-electron chi connectivity index (χ3n) is 9.49. The summed E-state index contributed by atoms with van der Waals surface area (Å²) < 4.78 is 0. The maximum Gasteiger partial charge on any atom is 0.116 e. The summed E-state index contributed by atoms with van der Waals surface area (Å²) in [4.78, 5) is 9.02. The van der Waals surface area contributed by atoms with E-state index in [0.717, 1.165) is 11.3 Å². The molecule has 0 radical (unpaired) electrons. The summed E-state index contributed by atoms with van der Waals surface area (Å²) in [6.07, 6.45) is 3.60. The van der Waals surface area contributed by atoms with Crippen molar-refractivity contribution in [1.29, 1.82) is 0 Å². The Hall–Kier alpha value is -5.86. The molecule has 1 aliphatic carbocycles. The van der Waals surface area contributed by atoms with Crippen molar-refractivity contribution in [2.75, 3.05) is 0 Å². The molecule has 8 aromatic carbocycles. The second kappa shape index (κ2) is 8.82. The first kappa shape index (κ1) is 23.7. The number of hydrogen-bond acceptors (Lipinski definition) is 2. The number of rotatable bonds is 2. The van der Waals surface area contributed by atoms with Crippen molar-refractivity contribution in [2.45, 2.75) is 0 Å². The average Bonchev–Trinajstić information content (AvgIpc) is 3.41. The lowest BCUT2D eigenvalue weighted by molar-refractivity contribution is 1.18. The summed E-state index contributed by atoms with van der Waals surface area (Å²) >= 11 is 0. The van der Waals surface area contributed by atoms with Gasteiger partial charge in [-0.3, -0.25) is 0 Å². The van der Waals surface area contributed by atoms with E-state index < -0.39 is 0 Å². The second-order valence-corrected chi connectivity index (χ2v) is 11.8. The van der Waals surface area contributed by atoms with E-state index in [2.05, 4.69) is 143 Å². The molecule has 0 saturated heterocycles. The van der Waals surface area contributed by atoms with Crippen molar-refractivity contribution in [3.8, 4) is 44.6 Å². The SMILES string of the molecule is c1ccc2cc3cc(-c4c5ccccc5c(-c5ccc6c7c(cccc57)-c5ncncc5-6)c5ccccc45)ccc3cc2c1. The van der Waals surface area contributed by atoms with Gasteiger partial charge in [-0.25, -0.2) is 9.97 Å². The van der Waals surface area contributed by atoms with Gasteiger partial charge in [0.05, 0.1) is 5.69 Å². The first-order valence-electron chi connectivity index (χ1n) is 15.1. The van der Waals surface area contributed by atoms with E-state index in [0.29, 0.717) is 0 Å². The fraction of sp³-hybridized carbons (Fsp3) is 0. The van der Waals surface area contributed by atoms with Crippen LogP contribution in [0.4, 0.5) is 0 Å². The lowest BCUT2D eigenvalue weighted by Gasteiger charge is -2.19. The van der Waals surface area contributed by atoms with Gasteiger partial charge >= 0.3 is 0 Å². The van der Waals surface area contributed by atoms with E-state index in [-0.39, 0.29) is 0 Å². The van der Waals surface area contributed by atoms with Gasteiger partial charge in [-0.1, -0.05) is 115 Å². The molecule has 44 heavy (non-hydrogen) atoms. The van der Waals surface area contributed by atoms with Crippen LogP contribution >= 0.6 is 0 Å². The number of hydrogen-bond donors (Lipinski definition) is 0. The van der Waals surface area contributed by atoms with E-state index in [1.807, 2.05) is 6.20 Å². The van der Waals surface area contributed by atoms with Gasteiger partial charge < -0.3 is 0 Å². The summed E-state index contributed by atoms with van der Waals surface area (Å²) in [6, 6.07) is 49.2. The number of fused-ring (bicyclic) bond motifs is 7. The van der Waals surface area contributed by atoms with Crippen LogP contribution in [0.25, 0.3) is 98.5 Å². The predicted molar refractivity (Wildman–Crippen MR) is 185 cm³/mol. The topological polar surface area (TPSA) is 25.8 Å². The third-order valence-corrected chi connectivity index (χ3v) is 9.49. The van der Waals surface area contributed by atoms with Gasteiger partial charge in [0.2, 0.25) is 0 Å². The molecular formula is C42H24N2. The lowest BCUT2D eigenvalue weighted by Crippen LogP contribution is -1.92. The molecule has 0 N–H and O–H groups in total. The minimum atomic E-state index is 1.02. The summed E-state index contributed by atoms with van der Waals surface area (Å²) in [5.74, 6) is 0. The molecule has 1 aromatic heterocycles. The molecule has 0 aliphatic heterocycles. The average molecular weight is 557 g/mol. The second-order valence-electron chi connectivity index (χ2n) is 11.8. The Balaban J connectivity index is 1.29. The number of benzene rings is 8. The van der Waals surface area contributed by atoms with Crippen LogP contribution in [0.3, 0.4) is 0 Å². The molecule has 10 rings (SSSR count). The van der Waals surface area contributed by atoms with Crippen molar-refractivity contribution in [3.63, 3.8) is 0 Å². The van der Waals surface area contributed by atoms with Crippen LogP contribution in [-0.4, -0.2) is 9.97 Å². The zero-order chi connectivity index (χ0) is 28.8. The summed E-state index contributed by atoms with van der Waals surface area (Å²) in [6.45, 7) is 0. The zero-order valence-electron chi connectivity index (χ0n) is 23.8. The Morgan fingerprint density at radius 3 is 1.75 bits per heavy atom. The fourth-order valence-electron chi connectivity index (χ4n) is 7.61. The van der Waals surface area contributed by atoms with Crippen LogP contribution in [0, 0.1) is 0 Å². The highest BCUT2D eigenvalue weighted by Gasteiger charge is 2.25. The van der Waals surface area contributed by atoms with E-state index in [1.54, 1.807) is 6.33 Å². The Labute approximate surface area is 253 Å². The van der Waals surface area contributed by atoms with E-state index in [9.17, 15) is 0 Å². The molecule has 0 spiro atoms. The summed E-state index contributed by atoms with van der Waals surface area (Å²) in [5.41, 5.74) is 9.57. The molecule has 1 heterocycles. The maximum absolute atomic E-state index is 4.67. The highest BCUT2D eigenvalue weighted by Crippen LogP contribution is 2.51. The largest absolute Gasteiger partial charge is 0.244 e. The van der Waals surface area contributed by atoms with Gasteiger partial charge in [-0.15, -0.1) is 0 Å². The van der Waals surface area contributed by atoms with Gasteiger partial charge in [-0.05, 0) is 99.9 Å². The first-order chi connectivity index (χ1) is 21.8. The van der Waals surface area contributed by atoms with E-state index in [4.69, 9.17) is 0 Å². The Morgan fingerprint density at radius 1 is 0.386 bits per heavy atom. The highest BCUT2D eigenvalue weighted by molar-refractivity contribution is 6.26. The van der Waals surface area contributed by atoms with Crippen molar-refractivity contribution >= 4 is 53.9 Å². The molecule has 0 saturated carbocycles. The molecule has 0 atom stereocenters. The Kier molecular flexibility index (Phi) is 4.75. The quantitative estimate of drug-likeness (QED) is 0.198. The van der Waals surface area contributed by atoms with Crippen molar-refractivity contribution in [3.05, 3.63) is 146 Å². The Morgan fingerprint density at radius 2 is 1.00 bits per heavy atom. The van der Waals surface area contributed by atoms with Gasteiger partial charge in [0.1, 0.15) is 6.33 Å². The minimum Gasteiger partial charge on any atom is -0.244 e. The molecular weight excluding hydrogens is 532 g/mol. The lowest BCUT2D eigenvalue weighted by atomic mass is 9.84. The van der Waals surface area contributed by atoms with Gasteiger partial charge in [0, 0.05) is 17.3 Å². The third kappa shape index (κ3) is 3.20. The number of aromatic nitrogens is 2. The normalized spacial score (nSPS) is 12.1. The molecule has 0 fully saturated rings. The van der Waals surface area contributed by atoms with Crippen LogP contribution in [0.5, 0.6) is 0 Å². The van der Waals surface area contributed by atoms with Crippen molar-refractivity contribution in [1.82, 2.24) is 9.97 Å². The molecule has 0 amide bonds. The van der Waals surface area contributed by atoms with Crippen LogP contribution in [0.15, 0.2) is 146 Å². The molecule has 202 valence electrons. The van der Waals surface area contributed by atoms with Gasteiger partial charge in [0.15, 0.2) is 0 Å². The molecule has 1 aliphatic rings. The molecule has 0 unspecified atom stereocenters. The fourth-order valence-corrected chi connectivity index (χ4v) is 7.61. The van der Waals surface area contributed by atoms with Crippen molar-refractivity contribution < 1.29 is 0 Å². The maximum atomic E-state index is 4.67. The van der Waals surface area contributed by atoms with Crippen LogP contribution < -0.4 is 0 Å². The Bertz CT molecular complexity index is 2580. The first-order valence-corrected chi connectivity index (χ1v) is 15.1. The van der Waals surface area contributed by atoms with Crippen LogP contribution in [-0.2, 0) is 0 Å².